The van der Waals surface area contributed by atoms with Crippen LogP contribution < -0.4 is 15.8 Å². The van der Waals surface area contributed by atoms with Crippen LogP contribution in [0, 0.1) is 10.1 Å². The van der Waals surface area contributed by atoms with Gasteiger partial charge in [-0.2, -0.15) is 0 Å². The van der Waals surface area contributed by atoms with Crippen molar-refractivity contribution in [1.82, 2.24) is 5.32 Å². The summed E-state index contributed by atoms with van der Waals surface area (Å²) in [7, 11) is 0. The molecule has 0 fully saturated rings. The van der Waals surface area contributed by atoms with Crippen LogP contribution in [0.1, 0.15) is 44.9 Å². The number of nitro groups is 1. The standard InChI is InChI=1S/C22H26N4O5/c1-13-20(23)24-18-12-15(8-9-19(18)30-13)17(25-21(27)31-22(2,3)4)11-14-6-5-7-16(10-14)26(28)29/h5-10,12-13,17H,11H2,1-4H3,(H2,23,24)(H,25,27). The number of nitro benzene ring substituents is 1. The van der Waals surface area contributed by atoms with Crippen LogP contribution in [0.15, 0.2) is 47.5 Å². The molecule has 2 aromatic rings. The van der Waals surface area contributed by atoms with Gasteiger partial charge >= 0.3 is 6.09 Å². The van der Waals surface area contributed by atoms with Gasteiger partial charge in [0, 0.05) is 12.1 Å². The molecule has 0 aliphatic carbocycles. The third-order valence-corrected chi connectivity index (χ3v) is 4.61. The molecular weight excluding hydrogens is 400 g/mol. The second-order valence-electron chi connectivity index (χ2n) is 8.35. The minimum atomic E-state index is -0.668. The zero-order valence-electron chi connectivity index (χ0n) is 17.9. The van der Waals surface area contributed by atoms with E-state index in [1.165, 1.54) is 12.1 Å². The fourth-order valence-corrected chi connectivity index (χ4v) is 3.15. The average molecular weight is 426 g/mol. The molecule has 9 nitrogen and oxygen atoms in total. The van der Waals surface area contributed by atoms with Crippen molar-refractivity contribution in [2.75, 3.05) is 0 Å². The summed E-state index contributed by atoms with van der Waals surface area (Å²) in [6, 6.07) is 11.2. The molecule has 2 unspecified atom stereocenters. The van der Waals surface area contributed by atoms with Crippen LogP contribution in [-0.2, 0) is 11.2 Å². The minimum absolute atomic E-state index is 0.0151. The molecule has 0 radical (unpaired) electrons. The zero-order valence-corrected chi connectivity index (χ0v) is 17.9. The van der Waals surface area contributed by atoms with E-state index in [2.05, 4.69) is 10.3 Å². The molecule has 3 rings (SSSR count). The molecule has 0 spiro atoms. The Bertz CT molecular complexity index is 1030. The highest BCUT2D eigenvalue weighted by molar-refractivity contribution is 5.89. The normalized spacial score (nSPS) is 16.4. The summed E-state index contributed by atoms with van der Waals surface area (Å²) >= 11 is 0. The number of alkyl carbamates (subject to hydrolysis) is 1. The highest BCUT2D eigenvalue weighted by Crippen LogP contribution is 2.35. The molecule has 0 bridgehead atoms. The van der Waals surface area contributed by atoms with E-state index in [9.17, 15) is 14.9 Å². The van der Waals surface area contributed by atoms with E-state index in [1.54, 1.807) is 45.0 Å². The highest BCUT2D eigenvalue weighted by Gasteiger charge is 2.24. The fourth-order valence-electron chi connectivity index (χ4n) is 3.15. The number of hydrogen-bond donors (Lipinski definition) is 2. The van der Waals surface area contributed by atoms with Crippen molar-refractivity contribution in [2.24, 2.45) is 10.7 Å². The molecule has 164 valence electrons. The number of benzene rings is 2. The number of carbonyl (C=O) groups excluding carboxylic acids is 1. The second kappa shape index (κ2) is 8.63. The number of non-ortho nitro benzene ring substituents is 1. The summed E-state index contributed by atoms with van der Waals surface area (Å²) in [6.07, 6.45) is -0.594. The number of nitrogens with one attached hydrogen (secondary N) is 1. The van der Waals surface area contributed by atoms with Crippen molar-refractivity contribution >= 4 is 23.3 Å². The van der Waals surface area contributed by atoms with Crippen LogP contribution in [0.25, 0.3) is 0 Å². The molecule has 2 atom stereocenters. The Labute approximate surface area is 180 Å². The third kappa shape index (κ3) is 5.71. The molecule has 3 N–H and O–H groups in total. The van der Waals surface area contributed by atoms with Crippen LogP contribution in [0.2, 0.25) is 0 Å². The monoisotopic (exact) mass is 426 g/mol. The summed E-state index contributed by atoms with van der Waals surface area (Å²) in [4.78, 5) is 27.6. The number of amides is 1. The third-order valence-electron chi connectivity index (χ3n) is 4.61. The van der Waals surface area contributed by atoms with Gasteiger partial charge in [-0.25, -0.2) is 9.79 Å². The van der Waals surface area contributed by atoms with E-state index in [4.69, 9.17) is 15.2 Å². The largest absolute Gasteiger partial charge is 0.481 e. The SMILES string of the molecule is CC1Oc2ccc(C(Cc3cccc([N+](=O)[O-])c3)NC(=O)OC(C)(C)C)cc2N=C1N. The van der Waals surface area contributed by atoms with Crippen molar-refractivity contribution in [3.05, 3.63) is 63.7 Å². The Balaban J connectivity index is 1.93. The van der Waals surface area contributed by atoms with Gasteiger partial charge in [-0.05, 0) is 57.4 Å². The first-order valence-electron chi connectivity index (χ1n) is 9.89. The number of ether oxygens (including phenoxy) is 2. The molecule has 9 heteroatoms. The number of rotatable bonds is 5. The Hall–Kier alpha value is -3.62. The maximum atomic E-state index is 12.5. The van der Waals surface area contributed by atoms with E-state index < -0.39 is 22.7 Å². The summed E-state index contributed by atoms with van der Waals surface area (Å²) in [6.45, 7) is 7.13. The minimum Gasteiger partial charge on any atom is -0.481 e. The Morgan fingerprint density at radius 1 is 1.32 bits per heavy atom. The maximum Gasteiger partial charge on any atom is 0.408 e. The fraction of sp³-hybridized carbons (Fsp3) is 0.364. The lowest BCUT2D eigenvalue weighted by molar-refractivity contribution is -0.384. The summed E-state index contributed by atoms with van der Waals surface area (Å²) < 4.78 is 11.1. The van der Waals surface area contributed by atoms with E-state index in [0.29, 0.717) is 29.3 Å². The van der Waals surface area contributed by atoms with Crippen molar-refractivity contribution in [3.63, 3.8) is 0 Å². The topological polar surface area (TPSA) is 129 Å². The maximum absolute atomic E-state index is 12.5. The number of fused-ring (bicyclic) bond motifs is 1. The van der Waals surface area contributed by atoms with Crippen LogP contribution in [0.5, 0.6) is 5.75 Å². The van der Waals surface area contributed by atoms with E-state index in [-0.39, 0.29) is 11.8 Å². The van der Waals surface area contributed by atoms with Gasteiger partial charge in [-0.1, -0.05) is 18.2 Å². The smallest absolute Gasteiger partial charge is 0.408 e. The molecule has 0 aromatic heterocycles. The van der Waals surface area contributed by atoms with Crippen molar-refractivity contribution in [1.29, 1.82) is 0 Å². The van der Waals surface area contributed by atoms with Gasteiger partial charge in [-0.3, -0.25) is 10.1 Å². The van der Waals surface area contributed by atoms with Crippen molar-refractivity contribution in [3.8, 4) is 5.75 Å². The van der Waals surface area contributed by atoms with Crippen LogP contribution in [0.4, 0.5) is 16.2 Å². The van der Waals surface area contributed by atoms with E-state index in [0.717, 1.165) is 5.56 Å². The summed E-state index contributed by atoms with van der Waals surface area (Å²) in [5, 5.41) is 14.0. The summed E-state index contributed by atoms with van der Waals surface area (Å²) in [5.74, 6) is 0.955. The number of aliphatic imine (C=N–C) groups is 1. The first-order chi connectivity index (χ1) is 14.5. The number of hydrogen-bond acceptors (Lipinski definition) is 7. The van der Waals surface area contributed by atoms with Gasteiger partial charge in [0.25, 0.3) is 5.69 Å². The zero-order chi connectivity index (χ0) is 22.8. The van der Waals surface area contributed by atoms with Gasteiger partial charge in [0.1, 0.15) is 22.9 Å². The van der Waals surface area contributed by atoms with Crippen molar-refractivity contribution in [2.45, 2.75) is 51.9 Å². The second-order valence-corrected chi connectivity index (χ2v) is 8.35. The molecule has 31 heavy (non-hydrogen) atoms. The lowest BCUT2D eigenvalue weighted by Gasteiger charge is -2.25. The quantitative estimate of drug-likeness (QED) is 0.545. The number of amidine groups is 1. The molecule has 1 amide bonds. The Kier molecular flexibility index (Phi) is 6.14. The molecule has 1 aliphatic heterocycles. The van der Waals surface area contributed by atoms with Gasteiger partial charge in [0.15, 0.2) is 6.10 Å². The molecule has 0 saturated heterocycles. The predicted octanol–water partition coefficient (Wildman–Crippen LogP) is 4.17. The van der Waals surface area contributed by atoms with Gasteiger partial charge < -0.3 is 20.5 Å². The Morgan fingerprint density at radius 2 is 2.06 bits per heavy atom. The summed E-state index contributed by atoms with van der Waals surface area (Å²) in [5.41, 5.74) is 7.22. The number of nitrogens with zero attached hydrogens (tertiary/aromatic N) is 2. The van der Waals surface area contributed by atoms with E-state index >= 15 is 0 Å². The van der Waals surface area contributed by atoms with Gasteiger partial charge in [-0.15, -0.1) is 0 Å². The predicted molar refractivity (Wildman–Crippen MR) is 117 cm³/mol. The lowest BCUT2D eigenvalue weighted by atomic mass is 9.97. The van der Waals surface area contributed by atoms with Gasteiger partial charge in [0.2, 0.25) is 0 Å². The van der Waals surface area contributed by atoms with Crippen LogP contribution in [0.3, 0.4) is 0 Å². The van der Waals surface area contributed by atoms with Gasteiger partial charge in [0.05, 0.1) is 11.0 Å². The Morgan fingerprint density at radius 3 is 2.74 bits per heavy atom. The lowest BCUT2D eigenvalue weighted by Crippen LogP contribution is -2.36. The molecule has 1 aliphatic rings. The average Bonchev–Trinajstić information content (AvgIpc) is 2.67. The van der Waals surface area contributed by atoms with E-state index in [1.807, 2.05) is 13.0 Å². The van der Waals surface area contributed by atoms with Crippen molar-refractivity contribution < 1.29 is 19.2 Å². The molecule has 0 saturated carbocycles. The van der Waals surface area contributed by atoms with Crippen LogP contribution in [-0.4, -0.2) is 28.6 Å². The first-order valence-corrected chi connectivity index (χ1v) is 9.89. The molecule has 1 heterocycles. The number of carbonyl (C=O) groups is 1. The first kappa shape index (κ1) is 22.1. The highest BCUT2D eigenvalue weighted by atomic mass is 16.6. The molecular formula is C22H26N4O5. The number of nitrogens with two attached hydrogens (primary N) is 1. The molecule has 2 aromatic carbocycles. The van der Waals surface area contributed by atoms with Crippen LogP contribution >= 0.6 is 0 Å².